The Labute approximate surface area is 98.9 Å². The second kappa shape index (κ2) is 3.62. The maximum atomic E-state index is 11.3. The monoisotopic (exact) mass is 227 g/mol. The van der Waals surface area contributed by atoms with Crippen LogP contribution >= 0.6 is 0 Å². The Morgan fingerprint density at radius 2 is 2.29 bits per heavy atom. The van der Waals surface area contributed by atoms with Gasteiger partial charge < -0.3 is 10.1 Å². The highest BCUT2D eigenvalue weighted by Gasteiger charge is 2.33. The van der Waals surface area contributed by atoms with Crippen LogP contribution in [0.1, 0.15) is 13.3 Å². The summed E-state index contributed by atoms with van der Waals surface area (Å²) in [5.74, 6) is 1.31. The molecule has 0 aliphatic heterocycles. The van der Waals surface area contributed by atoms with Crippen molar-refractivity contribution in [2.24, 2.45) is 5.92 Å². The summed E-state index contributed by atoms with van der Waals surface area (Å²) < 4.78 is 0. The van der Waals surface area contributed by atoms with Gasteiger partial charge in [0.1, 0.15) is 5.75 Å². The highest BCUT2D eigenvalue weighted by atomic mass is 16.3. The first-order chi connectivity index (χ1) is 8.13. The molecule has 0 spiro atoms. The summed E-state index contributed by atoms with van der Waals surface area (Å²) in [6.45, 7) is 2.20. The molecular formula is C12H12BN2O2. The molecule has 85 valence electrons. The van der Waals surface area contributed by atoms with Gasteiger partial charge in [0.05, 0.1) is 10.9 Å². The maximum absolute atomic E-state index is 11.3. The zero-order chi connectivity index (χ0) is 12.0. The van der Waals surface area contributed by atoms with E-state index in [1.807, 2.05) is 6.07 Å². The lowest BCUT2D eigenvalue weighted by Gasteiger charge is -2.03. The molecule has 1 aliphatic carbocycles. The number of aromatic hydroxyl groups is 1. The summed E-state index contributed by atoms with van der Waals surface area (Å²) >= 11 is 0. The van der Waals surface area contributed by atoms with Gasteiger partial charge in [-0.3, -0.25) is 9.78 Å². The molecular weight excluding hydrogens is 215 g/mol. The third kappa shape index (κ3) is 1.93. The Balaban J connectivity index is 2.03. The standard InChI is InChI=1S/C12H12BN2O2/c1-6-2-8(6)13-11-3-9-7(5-14-11)10(16)4-12(17)15-9/h3-6,8H,2H2,1H3,(H2,15,16,17)/t6?,8-/m0/s1. The number of fused-ring (bicyclic) bond motifs is 1. The van der Waals surface area contributed by atoms with Crippen molar-refractivity contribution in [2.75, 3.05) is 0 Å². The predicted octanol–water partition coefficient (Wildman–Crippen LogP) is 0.786. The van der Waals surface area contributed by atoms with Crippen molar-refractivity contribution in [2.45, 2.75) is 19.2 Å². The molecule has 0 amide bonds. The van der Waals surface area contributed by atoms with E-state index in [9.17, 15) is 9.90 Å². The predicted molar refractivity (Wildman–Crippen MR) is 66.9 cm³/mol. The third-order valence-corrected chi connectivity index (χ3v) is 3.28. The van der Waals surface area contributed by atoms with E-state index in [0.29, 0.717) is 16.7 Å². The van der Waals surface area contributed by atoms with Crippen molar-refractivity contribution in [1.29, 1.82) is 0 Å². The first-order valence-corrected chi connectivity index (χ1v) is 5.70. The molecule has 2 N–H and O–H groups in total. The van der Waals surface area contributed by atoms with Crippen LogP contribution < -0.4 is 11.2 Å². The number of pyridine rings is 2. The molecule has 0 bridgehead atoms. The molecule has 1 aliphatic rings. The van der Waals surface area contributed by atoms with Crippen LogP contribution in [0.3, 0.4) is 0 Å². The number of hydrogen-bond acceptors (Lipinski definition) is 3. The molecule has 0 aromatic carbocycles. The Bertz CT molecular complexity index is 638. The smallest absolute Gasteiger partial charge is 0.252 e. The lowest BCUT2D eigenvalue weighted by molar-refractivity contribution is 0.480. The average Bonchev–Trinajstić information content (AvgIpc) is 2.93. The molecule has 1 unspecified atom stereocenters. The van der Waals surface area contributed by atoms with Gasteiger partial charge in [-0.1, -0.05) is 19.2 Å². The average molecular weight is 227 g/mol. The summed E-state index contributed by atoms with van der Waals surface area (Å²) in [7, 11) is 2.12. The fourth-order valence-electron chi connectivity index (χ4n) is 2.04. The summed E-state index contributed by atoms with van der Waals surface area (Å²) in [6.07, 6.45) is 2.80. The number of nitrogens with one attached hydrogen (secondary N) is 1. The first kappa shape index (κ1) is 10.4. The fourth-order valence-corrected chi connectivity index (χ4v) is 2.04. The number of hydrogen-bond donors (Lipinski definition) is 2. The van der Waals surface area contributed by atoms with Crippen LogP contribution in [-0.2, 0) is 0 Å². The Kier molecular flexibility index (Phi) is 2.21. The van der Waals surface area contributed by atoms with Gasteiger partial charge >= 0.3 is 0 Å². The topological polar surface area (TPSA) is 66.0 Å². The summed E-state index contributed by atoms with van der Waals surface area (Å²) in [6, 6.07) is 2.97. The minimum absolute atomic E-state index is 0.0254. The summed E-state index contributed by atoms with van der Waals surface area (Å²) in [4.78, 5) is 18.2. The van der Waals surface area contributed by atoms with E-state index in [2.05, 4.69) is 24.2 Å². The Hall–Kier alpha value is -1.78. The van der Waals surface area contributed by atoms with Gasteiger partial charge in [-0.2, -0.15) is 0 Å². The minimum atomic E-state index is -0.299. The zero-order valence-corrected chi connectivity index (χ0v) is 9.47. The van der Waals surface area contributed by atoms with Gasteiger partial charge in [-0.15, -0.1) is 0 Å². The van der Waals surface area contributed by atoms with Crippen LogP contribution in [0.4, 0.5) is 0 Å². The third-order valence-electron chi connectivity index (χ3n) is 3.28. The van der Waals surface area contributed by atoms with Gasteiger partial charge in [0.15, 0.2) is 7.28 Å². The van der Waals surface area contributed by atoms with Crippen LogP contribution in [0, 0.1) is 5.92 Å². The van der Waals surface area contributed by atoms with Crippen molar-refractivity contribution in [3.05, 3.63) is 28.7 Å². The molecule has 0 saturated heterocycles. The molecule has 2 heterocycles. The summed E-state index contributed by atoms with van der Waals surface area (Å²) in [5, 5.41) is 10.2. The molecule has 1 saturated carbocycles. The number of nitrogens with zero attached hydrogens (tertiary/aromatic N) is 1. The maximum Gasteiger partial charge on any atom is 0.252 e. The lowest BCUT2D eigenvalue weighted by atomic mass is 9.67. The quantitative estimate of drug-likeness (QED) is 0.745. The number of aromatic amines is 1. The van der Waals surface area contributed by atoms with Crippen LogP contribution in [0.5, 0.6) is 5.75 Å². The number of rotatable bonds is 2. The van der Waals surface area contributed by atoms with E-state index in [0.717, 1.165) is 17.6 Å². The molecule has 17 heavy (non-hydrogen) atoms. The van der Waals surface area contributed by atoms with Crippen molar-refractivity contribution >= 4 is 23.8 Å². The zero-order valence-electron chi connectivity index (χ0n) is 9.47. The van der Waals surface area contributed by atoms with Crippen LogP contribution in [-0.4, -0.2) is 22.4 Å². The van der Waals surface area contributed by atoms with Crippen molar-refractivity contribution in [3.8, 4) is 5.75 Å². The van der Waals surface area contributed by atoms with Crippen molar-refractivity contribution in [1.82, 2.24) is 9.97 Å². The molecule has 2 aromatic heterocycles. The molecule has 5 heteroatoms. The second-order valence-electron chi connectivity index (χ2n) is 4.72. The van der Waals surface area contributed by atoms with Crippen LogP contribution in [0.2, 0.25) is 5.82 Å². The normalized spacial score (nSPS) is 22.6. The van der Waals surface area contributed by atoms with Crippen LogP contribution in [0.25, 0.3) is 10.9 Å². The number of H-pyrrole nitrogens is 1. The summed E-state index contributed by atoms with van der Waals surface area (Å²) in [5.41, 5.74) is 1.18. The van der Waals surface area contributed by atoms with E-state index >= 15 is 0 Å². The van der Waals surface area contributed by atoms with E-state index in [-0.39, 0.29) is 11.3 Å². The molecule has 4 nitrogen and oxygen atoms in total. The second-order valence-corrected chi connectivity index (χ2v) is 4.72. The minimum Gasteiger partial charge on any atom is -0.507 e. The SMILES string of the molecule is CC1C[C@@H]1[B]c1cc2[nH]c(=O)cc(O)c2cn1. The molecule has 2 aromatic rings. The van der Waals surface area contributed by atoms with Gasteiger partial charge in [0, 0.05) is 12.3 Å². The highest BCUT2D eigenvalue weighted by molar-refractivity contribution is 6.55. The largest absolute Gasteiger partial charge is 0.507 e. The molecule has 1 fully saturated rings. The fraction of sp³-hybridized carbons (Fsp3) is 0.333. The van der Waals surface area contributed by atoms with Gasteiger partial charge in [0.2, 0.25) is 0 Å². The molecule has 1 radical (unpaired) electrons. The van der Waals surface area contributed by atoms with Gasteiger partial charge in [-0.05, 0) is 17.6 Å². The molecule has 3 rings (SSSR count). The highest BCUT2D eigenvalue weighted by Crippen LogP contribution is 2.42. The van der Waals surface area contributed by atoms with E-state index < -0.39 is 0 Å². The Morgan fingerprint density at radius 1 is 1.53 bits per heavy atom. The van der Waals surface area contributed by atoms with Crippen molar-refractivity contribution in [3.63, 3.8) is 0 Å². The molecule has 2 atom stereocenters. The van der Waals surface area contributed by atoms with E-state index in [1.54, 1.807) is 6.20 Å². The Morgan fingerprint density at radius 3 is 3.00 bits per heavy atom. The van der Waals surface area contributed by atoms with E-state index in [1.165, 1.54) is 6.42 Å². The number of aromatic nitrogens is 2. The van der Waals surface area contributed by atoms with Crippen molar-refractivity contribution < 1.29 is 5.11 Å². The lowest BCUT2D eigenvalue weighted by Crippen LogP contribution is -2.19. The van der Waals surface area contributed by atoms with Crippen LogP contribution in [0.15, 0.2) is 23.1 Å². The van der Waals surface area contributed by atoms with Gasteiger partial charge in [0.25, 0.3) is 5.56 Å². The first-order valence-electron chi connectivity index (χ1n) is 5.70. The van der Waals surface area contributed by atoms with Gasteiger partial charge in [-0.25, -0.2) is 0 Å². The van der Waals surface area contributed by atoms with E-state index in [4.69, 9.17) is 0 Å².